The SMILES string of the molecule is Cc1ccc(C[C@@H]2NC(=O)[C@@H]3CCCN(C3)C(=O)/C=C/C(=O)NCC[C@@H](C(=O)NCCOCCN)NC(=O)Cc3ccccc3CNC2=O)cc1. The molecular weight excluding hydrogens is 654 g/mol. The predicted molar refractivity (Wildman–Crippen MR) is 190 cm³/mol. The number of ether oxygens (including phenoxy) is 1. The van der Waals surface area contributed by atoms with Crippen LogP contribution in [0.15, 0.2) is 60.7 Å². The number of benzene rings is 2. The maximum Gasteiger partial charge on any atom is 0.246 e. The zero-order chi connectivity index (χ0) is 36.6. The van der Waals surface area contributed by atoms with E-state index in [4.69, 9.17) is 10.5 Å². The zero-order valence-electron chi connectivity index (χ0n) is 29.1. The number of carbonyl (C=O) groups is 6. The Morgan fingerprint density at radius 3 is 2.45 bits per heavy atom. The summed E-state index contributed by atoms with van der Waals surface area (Å²) in [6.45, 7) is 3.81. The van der Waals surface area contributed by atoms with Gasteiger partial charge >= 0.3 is 0 Å². The van der Waals surface area contributed by atoms with E-state index in [0.29, 0.717) is 43.7 Å². The third-order valence-corrected chi connectivity index (χ3v) is 8.79. The second-order valence-electron chi connectivity index (χ2n) is 12.8. The zero-order valence-corrected chi connectivity index (χ0v) is 29.1. The molecule has 0 unspecified atom stereocenters. The lowest BCUT2D eigenvalue weighted by Crippen LogP contribution is -2.52. The normalized spacial score (nSPS) is 21.8. The molecular formula is C37H49N7O7. The van der Waals surface area contributed by atoms with Crippen molar-refractivity contribution in [2.75, 3.05) is 45.9 Å². The van der Waals surface area contributed by atoms with Gasteiger partial charge in [0.1, 0.15) is 12.1 Å². The van der Waals surface area contributed by atoms with Gasteiger partial charge in [-0.1, -0.05) is 54.1 Å². The fourth-order valence-electron chi connectivity index (χ4n) is 5.95. The van der Waals surface area contributed by atoms with Crippen LogP contribution in [0.3, 0.4) is 0 Å². The molecule has 0 aliphatic carbocycles. The van der Waals surface area contributed by atoms with Crippen molar-refractivity contribution in [3.8, 4) is 0 Å². The van der Waals surface area contributed by atoms with E-state index >= 15 is 0 Å². The fourth-order valence-corrected chi connectivity index (χ4v) is 5.95. The molecule has 6 amide bonds. The van der Waals surface area contributed by atoms with Crippen LogP contribution in [0.5, 0.6) is 0 Å². The van der Waals surface area contributed by atoms with Crippen molar-refractivity contribution in [1.82, 2.24) is 31.5 Å². The van der Waals surface area contributed by atoms with Crippen LogP contribution in [-0.4, -0.2) is 98.4 Å². The molecule has 2 aliphatic rings. The Bertz CT molecular complexity index is 1560. The van der Waals surface area contributed by atoms with Crippen LogP contribution in [0.25, 0.3) is 0 Å². The van der Waals surface area contributed by atoms with Gasteiger partial charge in [-0.3, -0.25) is 28.8 Å². The van der Waals surface area contributed by atoms with Gasteiger partial charge in [0.05, 0.1) is 25.6 Å². The first-order chi connectivity index (χ1) is 24.6. The number of rotatable bonds is 8. The molecule has 1 saturated heterocycles. The first kappa shape index (κ1) is 38.7. The van der Waals surface area contributed by atoms with Crippen LogP contribution in [0.2, 0.25) is 0 Å². The number of nitrogens with two attached hydrogens (primary N) is 1. The third-order valence-electron chi connectivity index (χ3n) is 8.79. The Morgan fingerprint density at radius 2 is 1.69 bits per heavy atom. The highest BCUT2D eigenvalue weighted by atomic mass is 16.5. The molecule has 51 heavy (non-hydrogen) atoms. The number of fused-ring (bicyclic) bond motifs is 3. The molecule has 274 valence electrons. The summed E-state index contributed by atoms with van der Waals surface area (Å²) in [6, 6.07) is 13.0. The Morgan fingerprint density at radius 1 is 0.922 bits per heavy atom. The Labute approximate surface area is 298 Å². The van der Waals surface area contributed by atoms with Crippen molar-refractivity contribution >= 4 is 35.4 Å². The summed E-state index contributed by atoms with van der Waals surface area (Å²) in [4.78, 5) is 80.7. The van der Waals surface area contributed by atoms with Crippen LogP contribution >= 0.6 is 0 Å². The van der Waals surface area contributed by atoms with Gasteiger partial charge in [0, 0.05) is 57.8 Å². The number of nitrogens with one attached hydrogen (secondary N) is 5. The Balaban J connectivity index is 1.56. The van der Waals surface area contributed by atoms with Crippen molar-refractivity contribution in [2.24, 2.45) is 11.7 Å². The van der Waals surface area contributed by atoms with Crippen molar-refractivity contribution in [2.45, 2.75) is 57.7 Å². The van der Waals surface area contributed by atoms with Gasteiger partial charge in [-0.2, -0.15) is 0 Å². The van der Waals surface area contributed by atoms with E-state index in [1.165, 1.54) is 4.90 Å². The lowest BCUT2D eigenvalue weighted by molar-refractivity contribution is -0.135. The molecule has 2 aromatic rings. The van der Waals surface area contributed by atoms with E-state index < -0.39 is 47.5 Å². The highest BCUT2D eigenvalue weighted by Crippen LogP contribution is 2.18. The van der Waals surface area contributed by atoms with E-state index in [1.807, 2.05) is 31.2 Å². The number of carbonyl (C=O) groups excluding carboxylic acids is 6. The molecule has 7 N–H and O–H groups in total. The van der Waals surface area contributed by atoms with E-state index in [-0.39, 0.29) is 58.0 Å². The lowest BCUT2D eigenvalue weighted by atomic mass is 9.95. The Hall–Kier alpha value is -5.08. The Kier molecular flexibility index (Phi) is 15.1. The van der Waals surface area contributed by atoms with Crippen LogP contribution in [0.1, 0.15) is 41.5 Å². The molecule has 2 bridgehead atoms. The number of amides is 6. The van der Waals surface area contributed by atoms with Gasteiger partial charge in [0.2, 0.25) is 35.4 Å². The average Bonchev–Trinajstić information content (AvgIpc) is 3.13. The minimum absolute atomic E-state index is 0.0394. The quantitative estimate of drug-likeness (QED) is 0.203. The van der Waals surface area contributed by atoms with Crippen LogP contribution in [-0.2, 0) is 52.9 Å². The molecule has 0 aromatic heterocycles. The number of hydrogen-bond donors (Lipinski definition) is 6. The van der Waals surface area contributed by atoms with Crippen molar-refractivity contribution in [3.63, 3.8) is 0 Å². The van der Waals surface area contributed by atoms with Crippen LogP contribution in [0, 0.1) is 12.8 Å². The highest BCUT2D eigenvalue weighted by molar-refractivity contribution is 5.97. The minimum Gasteiger partial charge on any atom is -0.378 e. The van der Waals surface area contributed by atoms with Crippen LogP contribution < -0.4 is 32.3 Å². The number of nitrogens with zero attached hydrogens (tertiary/aromatic N) is 1. The van der Waals surface area contributed by atoms with E-state index in [1.54, 1.807) is 24.3 Å². The maximum absolute atomic E-state index is 13.7. The minimum atomic E-state index is -0.973. The second kappa shape index (κ2) is 19.9. The van der Waals surface area contributed by atoms with Crippen LogP contribution in [0.4, 0.5) is 0 Å². The van der Waals surface area contributed by atoms with Gasteiger partial charge < -0.3 is 42.0 Å². The first-order valence-corrected chi connectivity index (χ1v) is 17.4. The monoisotopic (exact) mass is 703 g/mol. The molecule has 14 heteroatoms. The van der Waals surface area contributed by atoms with E-state index in [0.717, 1.165) is 23.3 Å². The summed E-state index contributed by atoms with van der Waals surface area (Å²) in [5, 5.41) is 14.0. The van der Waals surface area contributed by atoms with Crippen molar-refractivity contribution in [1.29, 1.82) is 0 Å². The van der Waals surface area contributed by atoms with Gasteiger partial charge in [-0.15, -0.1) is 0 Å². The summed E-state index contributed by atoms with van der Waals surface area (Å²) in [6.07, 6.45) is 3.65. The van der Waals surface area contributed by atoms with Gasteiger partial charge in [0.15, 0.2) is 0 Å². The largest absolute Gasteiger partial charge is 0.378 e. The molecule has 3 atom stereocenters. The summed E-state index contributed by atoms with van der Waals surface area (Å²) >= 11 is 0. The summed E-state index contributed by atoms with van der Waals surface area (Å²) in [5.41, 5.74) is 8.71. The molecule has 1 fully saturated rings. The predicted octanol–water partition coefficient (Wildman–Crippen LogP) is -0.228. The lowest BCUT2D eigenvalue weighted by Gasteiger charge is -2.32. The first-order valence-electron chi connectivity index (χ1n) is 17.4. The molecule has 0 saturated carbocycles. The maximum atomic E-state index is 13.7. The second-order valence-corrected chi connectivity index (χ2v) is 12.8. The molecule has 2 aromatic carbocycles. The van der Waals surface area contributed by atoms with Gasteiger partial charge in [0.25, 0.3) is 0 Å². The number of hydrogen-bond acceptors (Lipinski definition) is 8. The molecule has 2 heterocycles. The van der Waals surface area contributed by atoms with Crippen molar-refractivity contribution < 1.29 is 33.5 Å². The molecule has 0 radical (unpaired) electrons. The molecule has 4 rings (SSSR count). The fraction of sp³-hybridized carbons (Fsp3) is 0.459. The van der Waals surface area contributed by atoms with E-state index in [2.05, 4.69) is 26.6 Å². The topological polar surface area (TPSA) is 201 Å². The molecule has 14 nitrogen and oxygen atoms in total. The summed E-state index contributed by atoms with van der Waals surface area (Å²) < 4.78 is 5.32. The highest BCUT2D eigenvalue weighted by Gasteiger charge is 2.31. The standard InChI is InChI=1S/C37H49N7O7/c1-25-8-10-26(11-9-25)21-31-37(50)41-23-28-6-3-2-5-27(28)22-33(46)42-30(36(49)40-17-20-51-19-15-38)14-16-39-32(45)12-13-34(47)44-18-4-7-29(24-44)35(48)43-31/h2-3,5-6,8-13,29-31H,4,7,14-24,38H2,1H3,(H,39,45)(H,40,49)(H,41,50)(H,42,46)(H,43,48)/b13-12+/t29-,30+,31+/m1/s1. The average molecular weight is 704 g/mol. The summed E-state index contributed by atoms with van der Waals surface area (Å²) in [5.74, 6) is -3.10. The molecule has 0 spiro atoms. The smallest absolute Gasteiger partial charge is 0.246 e. The van der Waals surface area contributed by atoms with Gasteiger partial charge in [-0.05, 0) is 42.9 Å². The number of piperidine rings is 1. The van der Waals surface area contributed by atoms with Gasteiger partial charge in [-0.25, -0.2) is 0 Å². The number of aryl methyl sites for hydroxylation is 1. The third kappa shape index (κ3) is 12.6. The van der Waals surface area contributed by atoms with Crippen molar-refractivity contribution in [3.05, 3.63) is 82.9 Å². The van der Waals surface area contributed by atoms with E-state index in [9.17, 15) is 28.8 Å². The summed E-state index contributed by atoms with van der Waals surface area (Å²) in [7, 11) is 0. The molecule has 2 aliphatic heterocycles.